The Bertz CT molecular complexity index is 1030. The first kappa shape index (κ1) is 19.4. The molecule has 2 aromatic heterocycles. The zero-order valence-electron chi connectivity index (χ0n) is 17.6. The monoisotopic (exact) mass is 407 g/mol. The maximum atomic E-state index is 11.5. The molecule has 2 unspecified atom stereocenters. The molecule has 5 rings (SSSR count). The van der Waals surface area contributed by atoms with E-state index < -0.39 is 5.60 Å². The molecule has 2 fully saturated rings. The molecule has 0 radical (unpaired) electrons. The first-order chi connectivity index (χ1) is 14.6. The highest BCUT2D eigenvalue weighted by atomic mass is 16.5. The van der Waals surface area contributed by atoms with Gasteiger partial charge in [-0.1, -0.05) is 6.07 Å². The second kappa shape index (κ2) is 7.60. The summed E-state index contributed by atoms with van der Waals surface area (Å²) in [5.74, 6) is 1.52. The molecule has 6 heteroatoms. The summed E-state index contributed by atoms with van der Waals surface area (Å²) in [6, 6.07) is 13.0. The molecule has 6 nitrogen and oxygen atoms in total. The van der Waals surface area contributed by atoms with Gasteiger partial charge >= 0.3 is 0 Å². The van der Waals surface area contributed by atoms with Crippen molar-refractivity contribution >= 4 is 11.0 Å². The number of methoxy groups -OCH3 is 2. The van der Waals surface area contributed by atoms with Gasteiger partial charge in [-0.25, -0.2) is 0 Å². The van der Waals surface area contributed by atoms with Gasteiger partial charge in [0, 0.05) is 31.0 Å². The van der Waals surface area contributed by atoms with E-state index >= 15 is 0 Å². The predicted molar refractivity (Wildman–Crippen MR) is 116 cm³/mol. The lowest BCUT2D eigenvalue weighted by Crippen LogP contribution is -2.52. The first-order valence-corrected chi connectivity index (χ1v) is 10.7. The predicted octanol–water partition coefficient (Wildman–Crippen LogP) is 3.61. The van der Waals surface area contributed by atoms with E-state index in [9.17, 15) is 5.11 Å². The minimum absolute atomic E-state index is 0.404. The molecule has 1 aromatic carbocycles. The van der Waals surface area contributed by atoms with Crippen LogP contribution in [0.3, 0.4) is 0 Å². The number of rotatable bonds is 6. The fraction of sp³-hybridized carbons (Fsp3) is 0.458. The quantitative estimate of drug-likeness (QED) is 0.676. The van der Waals surface area contributed by atoms with Crippen molar-refractivity contribution in [2.75, 3.05) is 14.2 Å². The van der Waals surface area contributed by atoms with Crippen molar-refractivity contribution in [2.24, 2.45) is 0 Å². The molecule has 2 bridgehead atoms. The topological polar surface area (TPSA) is 59.8 Å². The zero-order valence-corrected chi connectivity index (χ0v) is 17.6. The average Bonchev–Trinajstić information content (AvgIpc) is 3.26. The van der Waals surface area contributed by atoms with Crippen LogP contribution in [0, 0.1) is 0 Å². The number of nitrogens with zero attached hydrogens (tertiary/aromatic N) is 3. The normalized spacial score (nSPS) is 26.2. The maximum Gasteiger partial charge on any atom is 0.161 e. The fourth-order valence-electron chi connectivity index (χ4n) is 5.47. The van der Waals surface area contributed by atoms with E-state index in [2.05, 4.69) is 32.7 Å². The molecule has 0 saturated carbocycles. The Morgan fingerprint density at radius 1 is 1.07 bits per heavy atom. The van der Waals surface area contributed by atoms with E-state index in [-0.39, 0.29) is 0 Å². The molecule has 2 saturated heterocycles. The molecule has 2 aliphatic rings. The third kappa shape index (κ3) is 3.44. The van der Waals surface area contributed by atoms with E-state index in [0.717, 1.165) is 54.8 Å². The summed E-state index contributed by atoms with van der Waals surface area (Å²) in [6.45, 7) is 1.50. The van der Waals surface area contributed by atoms with Crippen LogP contribution < -0.4 is 9.47 Å². The number of hydrogen-bond donors (Lipinski definition) is 1. The van der Waals surface area contributed by atoms with E-state index in [1.54, 1.807) is 14.2 Å². The number of fused-ring (bicyclic) bond motifs is 3. The van der Waals surface area contributed by atoms with Crippen molar-refractivity contribution in [3.05, 3.63) is 54.4 Å². The van der Waals surface area contributed by atoms with Gasteiger partial charge in [0.25, 0.3) is 0 Å². The van der Waals surface area contributed by atoms with Crippen LogP contribution in [0.15, 0.2) is 48.8 Å². The van der Waals surface area contributed by atoms with Gasteiger partial charge < -0.3 is 19.1 Å². The fourth-order valence-corrected chi connectivity index (χ4v) is 5.47. The van der Waals surface area contributed by atoms with Crippen LogP contribution in [-0.2, 0) is 13.1 Å². The molecule has 1 N–H and O–H groups in total. The highest BCUT2D eigenvalue weighted by Crippen LogP contribution is 2.43. The Labute approximate surface area is 177 Å². The lowest BCUT2D eigenvalue weighted by Gasteiger charge is -2.44. The van der Waals surface area contributed by atoms with E-state index in [0.29, 0.717) is 18.6 Å². The summed E-state index contributed by atoms with van der Waals surface area (Å²) in [7, 11) is 3.33. The van der Waals surface area contributed by atoms with Gasteiger partial charge in [0.2, 0.25) is 0 Å². The third-order valence-corrected chi connectivity index (χ3v) is 6.82. The molecule has 2 atom stereocenters. The molecule has 0 amide bonds. The van der Waals surface area contributed by atoms with Gasteiger partial charge in [-0.05, 0) is 61.6 Å². The van der Waals surface area contributed by atoms with Crippen molar-refractivity contribution in [3.63, 3.8) is 0 Å². The maximum absolute atomic E-state index is 11.5. The zero-order chi connectivity index (χ0) is 20.7. The molecule has 2 aliphatic heterocycles. The van der Waals surface area contributed by atoms with Crippen LogP contribution >= 0.6 is 0 Å². The van der Waals surface area contributed by atoms with Crippen molar-refractivity contribution in [1.82, 2.24) is 14.5 Å². The second-order valence-corrected chi connectivity index (χ2v) is 8.73. The Kier molecular flexibility index (Phi) is 4.91. The number of pyridine rings is 1. The van der Waals surface area contributed by atoms with Crippen molar-refractivity contribution in [3.8, 4) is 11.5 Å². The van der Waals surface area contributed by atoms with Crippen LogP contribution in [0.2, 0.25) is 0 Å². The van der Waals surface area contributed by atoms with Gasteiger partial charge in [0.05, 0.1) is 37.4 Å². The summed E-state index contributed by atoms with van der Waals surface area (Å²) in [5, 5.41) is 11.5. The summed E-state index contributed by atoms with van der Waals surface area (Å²) in [6.07, 6.45) is 7.76. The first-order valence-electron chi connectivity index (χ1n) is 10.7. The van der Waals surface area contributed by atoms with Crippen molar-refractivity contribution in [1.29, 1.82) is 0 Å². The number of benzene rings is 1. The Balaban J connectivity index is 1.32. The summed E-state index contributed by atoms with van der Waals surface area (Å²) >= 11 is 0. The Morgan fingerprint density at radius 3 is 2.57 bits per heavy atom. The van der Waals surface area contributed by atoms with E-state index in [1.807, 2.05) is 30.6 Å². The van der Waals surface area contributed by atoms with Crippen molar-refractivity contribution < 1.29 is 14.6 Å². The Morgan fingerprint density at radius 2 is 1.83 bits per heavy atom. The third-order valence-electron chi connectivity index (χ3n) is 6.82. The molecule has 0 spiro atoms. The van der Waals surface area contributed by atoms with Crippen LogP contribution in [0.4, 0.5) is 0 Å². The highest BCUT2D eigenvalue weighted by molar-refractivity contribution is 5.75. The van der Waals surface area contributed by atoms with E-state index in [4.69, 9.17) is 9.47 Å². The molecule has 3 aromatic rings. The molecule has 158 valence electrons. The lowest BCUT2D eigenvalue weighted by molar-refractivity contribution is -0.0644. The number of piperidine rings is 1. The minimum atomic E-state index is -0.679. The largest absolute Gasteiger partial charge is 0.493 e. The van der Waals surface area contributed by atoms with E-state index in [1.165, 1.54) is 5.56 Å². The molecule has 30 heavy (non-hydrogen) atoms. The van der Waals surface area contributed by atoms with Crippen LogP contribution in [0.5, 0.6) is 11.5 Å². The summed E-state index contributed by atoms with van der Waals surface area (Å²) in [5.41, 5.74) is 2.61. The van der Waals surface area contributed by atoms with Gasteiger partial charge in [0.15, 0.2) is 11.5 Å². The number of aliphatic hydroxyl groups is 1. The van der Waals surface area contributed by atoms with Crippen LogP contribution in [0.1, 0.15) is 31.2 Å². The molecule has 4 heterocycles. The smallest absolute Gasteiger partial charge is 0.161 e. The van der Waals surface area contributed by atoms with Gasteiger partial charge in [-0.3, -0.25) is 9.88 Å². The second-order valence-electron chi connectivity index (χ2n) is 8.73. The van der Waals surface area contributed by atoms with Crippen molar-refractivity contribution in [2.45, 2.75) is 56.5 Å². The van der Waals surface area contributed by atoms with Gasteiger partial charge in [-0.2, -0.15) is 0 Å². The Hall–Kier alpha value is -2.57. The summed E-state index contributed by atoms with van der Waals surface area (Å²) in [4.78, 5) is 6.99. The van der Waals surface area contributed by atoms with Crippen LogP contribution in [-0.4, -0.2) is 51.5 Å². The number of ether oxygens (including phenoxy) is 2. The highest BCUT2D eigenvalue weighted by Gasteiger charge is 2.47. The van der Waals surface area contributed by atoms with Gasteiger partial charge in [0.1, 0.15) is 0 Å². The molecule has 0 aliphatic carbocycles. The molecular weight excluding hydrogens is 378 g/mol. The average molecular weight is 408 g/mol. The number of hydrogen-bond acceptors (Lipinski definition) is 5. The minimum Gasteiger partial charge on any atom is -0.493 e. The van der Waals surface area contributed by atoms with Crippen LogP contribution in [0.25, 0.3) is 11.0 Å². The van der Waals surface area contributed by atoms with Gasteiger partial charge in [-0.15, -0.1) is 0 Å². The lowest BCUT2D eigenvalue weighted by atomic mass is 9.85. The summed E-state index contributed by atoms with van der Waals surface area (Å²) < 4.78 is 13.0. The molecular formula is C24H29N3O3. The standard InChI is InChI=1S/C24H29N3O3/c1-29-22-8-5-17(12-23(22)30-2)15-27-18-6-7-19(27)14-24(28,13-18)16-26-11-9-20-21(26)4-3-10-25-20/h3-5,8-12,18-19,28H,6-7,13-16H2,1-2H3. The number of aromatic nitrogens is 2. The SMILES string of the molecule is COc1ccc(CN2C3CCC2CC(O)(Cn2ccc4ncccc42)C3)cc1OC.